The zero-order chi connectivity index (χ0) is 14.8. The van der Waals surface area contributed by atoms with E-state index in [4.69, 9.17) is 5.11 Å². The third kappa shape index (κ3) is 3.28. The third-order valence-electron chi connectivity index (χ3n) is 2.45. The smallest absolute Gasteiger partial charge is 0.419 e. The summed E-state index contributed by atoms with van der Waals surface area (Å²) in [4.78, 5) is 17.8. The van der Waals surface area contributed by atoms with Crippen molar-refractivity contribution in [3.05, 3.63) is 42.5 Å². The maximum Gasteiger partial charge on any atom is 0.419 e. The molecule has 0 radical (unpaired) electrons. The molecular weight excluding hydrogens is 275 g/mol. The van der Waals surface area contributed by atoms with Gasteiger partial charge in [-0.15, -0.1) is 0 Å². The number of rotatable bonds is 3. The number of pyridine rings is 1. The van der Waals surface area contributed by atoms with Crippen LogP contribution in [0.1, 0.15) is 5.56 Å². The second-order valence-electron chi connectivity index (χ2n) is 3.95. The Kier molecular flexibility index (Phi) is 3.64. The Hall–Kier alpha value is -2.51. The molecule has 0 saturated heterocycles. The minimum absolute atomic E-state index is 0.139. The van der Waals surface area contributed by atoms with E-state index < -0.39 is 17.7 Å². The van der Waals surface area contributed by atoms with Crippen LogP contribution in [-0.2, 0) is 17.5 Å². The second kappa shape index (κ2) is 5.24. The van der Waals surface area contributed by atoms with E-state index in [1.165, 1.54) is 29.1 Å². The lowest BCUT2D eigenvalue weighted by molar-refractivity contribution is -0.685. The molecule has 0 amide bonds. The molecule has 0 atom stereocenters. The summed E-state index contributed by atoms with van der Waals surface area (Å²) in [5, 5.41) is 8.61. The van der Waals surface area contributed by atoms with Gasteiger partial charge >= 0.3 is 12.1 Å². The number of carbonyl (C=O) groups is 1. The van der Waals surface area contributed by atoms with E-state index in [9.17, 15) is 18.0 Å². The van der Waals surface area contributed by atoms with Gasteiger partial charge in [-0.3, -0.25) is 0 Å². The van der Waals surface area contributed by atoms with Gasteiger partial charge < -0.3 is 5.11 Å². The van der Waals surface area contributed by atoms with Crippen LogP contribution in [0.15, 0.2) is 36.9 Å². The van der Waals surface area contributed by atoms with Crippen LogP contribution in [0.4, 0.5) is 13.2 Å². The first-order chi connectivity index (χ1) is 9.36. The SMILES string of the molecule is O=C(O)C[n+]1ccc(-c2ncc(C(F)(F)F)cn2)cc1. The van der Waals surface area contributed by atoms with Crippen molar-refractivity contribution in [2.45, 2.75) is 12.7 Å². The quantitative estimate of drug-likeness (QED) is 0.868. The molecule has 0 fully saturated rings. The molecule has 20 heavy (non-hydrogen) atoms. The third-order valence-corrected chi connectivity index (χ3v) is 2.45. The lowest BCUT2D eigenvalue weighted by atomic mass is 10.2. The molecule has 2 aromatic rings. The zero-order valence-electron chi connectivity index (χ0n) is 10.0. The Morgan fingerprint density at radius 3 is 2.20 bits per heavy atom. The molecule has 1 N–H and O–H groups in total. The number of halogens is 3. The zero-order valence-corrected chi connectivity index (χ0v) is 10.0. The number of alkyl halides is 3. The molecule has 0 aliphatic heterocycles. The largest absolute Gasteiger partial charge is 0.477 e. The lowest BCUT2D eigenvalue weighted by Gasteiger charge is -2.05. The molecule has 0 spiro atoms. The van der Waals surface area contributed by atoms with Crippen LogP contribution in [0, 0.1) is 0 Å². The molecule has 8 heteroatoms. The summed E-state index contributed by atoms with van der Waals surface area (Å²) in [6.07, 6.45) is -0.0734. The Morgan fingerprint density at radius 2 is 1.75 bits per heavy atom. The fourth-order valence-electron chi connectivity index (χ4n) is 1.49. The van der Waals surface area contributed by atoms with Gasteiger partial charge in [-0.25, -0.2) is 14.8 Å². The van der Waals surface area contributed by atoms with E-state index in [-0.39, 0.29) is 12.4 Å². The molecule has 0 aliphatic rings. The Bertz CT molecular complexity index is 609. The molecule has 5 nitrogen and oxygen atoms in total. The number of nitrogens with zero attached hydrogens (tertiary/aromatic N) is 3. The Morgan fingerprint density at radius 1 is 1.20 bits per heavy atom. The maximum atomic E-state index is 12.4. The monoisotopic (exact) mass is 284 g/mol. The Labute approximate surface area is 111 Å². The first-order valence-corrected chi connectivity index (χ1v) is 5.47. The fraction of sp³-hybridized carbons (Fsp3) is 0.167. The van der Waals surface area contributed by atoms with Crippen LogP contribution in [0.2, 0.25) is 0 Å². The van der Waals surface area contributed by atoms with Gasteiger partial charge in [0.1, 0.15) is 0 Å². The summed E-state index contributed by atoms with van der Waals surface area (Å²) >= 11 is 0. The number of hydrogen-bond acceptors (Lipinski definition) is 3. The van der Waals surface area contributed by atoms with Crippen molar-refractivity contribution in [2.24, 2.45) is 0 Å². The average molecular weight is 284 g/mol. The predicted octanol–water partition coefficient (Wildman–Crippen LogP) is 1.53. The number of hydrogen-bond donors (Lipinski definition) is 1. The van der Waals surface area contributed by atoms with Crippen LogP contribution in [0.25, 0.3) is 11.4 Å². The number of carboxylic acid groups (broad SMARTS) is 1. The molecule has 2 rings (SSSR count). The van der Waals surface area contributed by atoms with Crippen molar-refractivity contribution in [1.82, 2.24) is 9.97 Å². The van der Waals surface area contributed by atoms with E-state index in [1.54, 1.807) is 0 Å². The van der Waals surface area contributed by atoms with Crippen LogP contribution in [0.3, 0.4) is 0 Å². The minimum Gasteiger partial charge on any atom is -0.477 e. The highest BCUT2D eigenvalue weighted by molar-refractivity contribution is 5.64. The summed E-state index contributed by atoms with van der Waals surface area (Å²) < 4.78 is 38.5. The van der Waals surface area contributed by atoms with Gasteiger partial charge in [0.05, 0.1) is 5.56 Å². The Balaban J connectivity index is 2.21. The molecule has 2 heterocycles. The lowest BCUT2D eigenvalue weighted by Crippen LogP contribution is -2.36. The van der Waals surface area contributed by atoms with Crippen molar-refractivity contribution in [3.63, 3.8) is 0 Å². The van der Waals surface area contributed by atoms with Gasteiger partial charge in [-0.05, 0) is 0 Å². The molecule has 0 aliphatic carbocycles. The van der Waals surface area contributed by atoms with Crippen LogP contribution < -0.4 is 4.57 Å². The van der Waals surface area contributed by atoms with E-state index in [2.05, 4.69) is 9.97 Å². The van der Waals surface area contributed by atoms with Gasteiger partial charge in [0.2, 0.25) is 6.54 Å². The highest BCUT2D eigenvalue weighted by Gasteiger charge is 2.31. The van der Waals surface area contributed by atoms with Crippen molar-refractivity contribution >= 4 is 5.97 Å². The fourth-order valence-corrected chi connectivity index (χ4v) is 1.49. The van der Waals surface area contributed by atoms with Crippen LogP contribution >= 0.6 is 0 Å². The van der Waals surface area contributed by atoms with Gasteiger partial charge in [-0.2, -0.15) is 17.7 Å². The summed E-state index contributed by atoms with van der Waals surface area (Å²) in [6, 6.07) is 3.07. The molecule has 0 bridgehead atoms. The maximum absolute atomic E-state index is 12.4. The number of aliphatic carboxylic acids is 1. The highest BCUT2D eigenvalue weighted by atomic mass is 19.4. The number of aromatic nitrogens is 3. The van der Waals surface area contributed by atoms with E-state index in [1.807, 2.05) is 0 Å². The molecule has 0 saturated carbocycles. The summed E-state index contributed by atoms with van der Waals surface area (Å²) in [5.41, 5.74) is -0.418. The second-order valence-corrected chi connectivity index (χ2v) is 3.95. The molecule has 0 aromatic carbocycles. The van der Waals surface area contributed by atoms with Crippen molar-refractivity contribution in [3.8, 4) is 11.4 Å². The highest BCUT2D eigenvalue weighted by Crippen LogP contribution is 2.28. The van der Waals surface area contributed by atoms with Crippen LogP contribution in [-0.4, -0.2) is 21.0 Å². The van der Waals surface area contributed by atoms with Crippen molar-refractivity contribution in [2.75, 3.05) is 0 Å². The van der Waals surface area contributed by atoms with Crippen molar-refractivity contribution < 1.29 is 27.6 Å². The van der Waals surface area contributed by atoms with Gasteiger partial charge in [0.25, 0.3) is 0 Å². The number of carboxylic acids is 1. The van der Waals surface area contributed by atoms with E-state index in [0.717, 1.165) is 0 Å². The summed E-state index contributed by atoms with van der Waals surface area (Å²) in [5.74, 6) is -0.853. The first-order valence-electron chi connectivity index (χ1n) is 5.47. The predicted molar refractivity (Wildman–Crippen MR) is 60.3 cm³/mol. The van der Waals surface area contributed by atoms with Crippen LogP contribution in [0.5, 0.6) is 0 Å². The topological polar surface area (TPSA) is 67.0 Å². The molecule has 104 valence electrons. The van der Waals surface area contributed by atoms with Gasteiger partial charge in [0, 0.05) is 30.1 Å². The normalized spacial score (nSPS) is 11.3. The van der Waals surface area contributed by atoms with E-state index in [0.29, 0.717) is 18.0 Å². The standard InChI is InChI=1S/C12H8F3N3O2/c13-12(14,15)9-5-16-11(17-6-9)8-1-3-18(4-2-8)7-10(19)20/h1-6H,7H2/p+1. The minimum atomic E-state index is -4.47. The molecular formula is C12H9F3N3O2+. The van der Waals surface area contributed by atoms with E-state index >= 15 is 0 Å². The first kappa shape index (κ1) is 13.9. The summed E-state index contributed by atoms with van der Waals surface area (Å²) in [6.45, 7) is -0.200. The molecule has 2 aromatic heterocycles. The van der Waals surface area contributed by atoms with Gasteiger partial charge in [0.15, 0.2) is 18.2 Å². The van der Waals surface area contributed by atoms with Crippen molar-refractivity contribution in [1.29, 1.82) is 0 Å². The van der Waals surface area contributed by atoms with Gasteiger partial charge in [-0.1, -0.05) is 0 Å². The average Bonchev–Trinajstić information content (AvgIpc) is 2.38. The molecule has 0 unspecified atom stereocenters. The summed E-state index contributed by atoms with van der Waals surface area (Å²) in [7, 11) is 0.